The minimum absolute atomic E-state index is 0.217. The Morgan fingerprint density at radius 3 is 2.83 bits per heavy atom. The Kier molecular flexibility index (Phi) is 4.19. The van der Waals surface area contributed by atoms with E-state index in [1.807, 2.05) is 6.07 Å². The Morgan fingerprint density at radius 2 is 2.17 bits per heavy atom. The van der Waals surface area contributed by atoms with Crippen LogP contribution in [0.3, 0.4) is 0 Å². The molecule has 1 aromatic heterocycles. The zero-order valence-corrected chi connectivity index (χ0v) is 11.2. The maximum Gasteiger partial charge on any atom is 0.218 e. The van der Waals surface area contributed by atoms with Crippen molar-refractivity contribution in [1.29, 1.82) is 0 Å². The molecule has 1 aliphatic rings. The summed E-state index contributed by atoms with van der Waals surface area (Å²) in [6.45, 7) is 0.217. The summed E-state index contributed by atoms with van der Waals surface area (Å²) in [7, 11) is -3.20. The number of rotatable bonds is 5. The topological polar surface area (TPSA) is 68.3 Å². The molecule has 0 atom stereocenters. The third-order valence-electron chi connectivity index (χ3n) is 2.96. The van der Waals surface area contributed by atoms with E-state index in [9.17, 15) is 8.42 Å². The molecule has 1 N–H and O–H groups in total. The monoisotopic (exact) mass is 270 g/mol. The van der Waals surface area contributed by atoms with Gasteiger partial charge in [0.2, 0.25) is 15.9 Å². The SMILES string of the molecule is CS(=O)(=O)NCc1cccnc1OC1CCCC1. The molecule has 0 aromatic carbocycles. The molecule has 100 valence electrons. The van der Waals surface area contributed by atoms with Crippen molar-refractivity contribution in [3.63, 3.8) is 0 Å². The molecule has 1 aromatic rings. The molecule has 1 aliphatic carbocycles. The molecule has 0 unspecified atom stereocenters. The van der Waals surface area contributed by atoms with Gasteiger partial charge in [-0.2, -0.15) is 0 Å². The Bertz CT molecular complexity index is 496. The van der Waals surface area contributed by atoms with Crippen molar-refractivity contribution >= 4 is 10.0 Å². The molecule has 18 heavy (non-hydrogen) atoms. The summed E-state index contributed by atoms with van der Waals surface area (Å²) in [6.07, 6.45) is 7.50. The molecule has 0 saturated heterocycles. The highest BCUT2D eigenvalue weighted by Gasteiger charge is 2.18. The Balaban J connectivity index is 2.04. The predicted octanol–water partition coefficient (Wildman–Crippen LogP) is 1.45. The third-order valence-corrected chi connectivity index (χ3v) is 3.62. The van der Waals surface area contributed by atoms with Gasteiger partial charge in [-0.1, -0.05) is 6.07 Å². The average Bonchev–Trinajstić information content (AvgIpc) is 2.80. The van der Waals surface area contributed by atoms with Crippen LogP contribution in [0.5, 0.6) is 5.88 Å². The molecule has 0 spiro atoms. The largest absolute Gasteiger partial charge is 0.474 e. The summed E-state index contributed by atoms with van der Waals surface area (Å²) in [6, 6.07) is 3.61. The van der Waals surface area contributed by atoms with Crippen molar-refractivity contribution in [3.8, 4) is 5.88 Å². The van der Waals surface area contributed by atoms with Crippen molar-refractivity contribution in [1.82, 2.24) is 9.71 Å². The van der Waals surface area contributed by atoms with Crippen LogP contribution >= 0.6 is 0 Å². The molecular weight excluding hydrogens is 252 g/mol. The van der Waals surface area contributed by atoms with E-state index in [1.165, 1.54) is 12.8 Å². The minimum Gasteiger partial charge on any atom is -0.474 e. The second-order valence-electron chi connectivity index (χ2n) is 4.59. The van der Waals surface area contributed by atoms with E-state index < -0.39 is 10.0 Å². The van der Waals surface area contributed by atoms with Gasteiger partial charge in [-0.25, -0.2) is 18.1 Å². The van der Waals surface area contributed by atoms with Crippen molar-refractivity contribution in [3.05, 3.63) is 23.9 Å². The van der Waals surface area contributed by atoms with Gasteiger partial charge in [-0.05, 0) is 31.7 Å². The normalized spacial score (nSPS) is 16.9. The Hall–Kier alpha value is -1.14. The predicted molar refractivity (Wildman–Crippen MR) is 68.8 cm³/mol. The molecule has 0 amide bonds. The van der Waals surface area contributed by atoms with E-state index in [0.717, 1.165) is 24.7 Å². The lowest BCUT2D eigenvalue weighted by Crippen LogP contribution is -2.22. The van der Waals surface area contributed by atoms with Gasteiger partial charge in [0, 0.05) is 18.3 Å². The van der Waals surface area contributed by atoms with Crippen LogP contribution in [0, 0.1) is 0 Å². The molecule has 1 saturated carbocycles. The first-order chi connectivity index (χ1) is 8.54. The Morgan fingerprint density at radius 1 is 1.44 bits per heavy atom. The van der Waals surface area contributed by atoms with Gasteiger partial charge in [-0.3, -0.25) is 0 Å². The fourth-order valence-electron chi connectivity index (χ4n) is 2.04. The maximum atomic E-state index is 11.1. The van der Waals surface area contributed by atoms with E-state index in [4.69, 9.17) is 4.74 Å². The number of hydrogen-bond acceptors (Lipinski definition) is 4. The maximum absolute atomic E-state index is 11.1. The molecule has 6 heteroatoms. The van der Waals surface area contributed by atoms with Gasteiger partial charge in [0.1, 0.15) is 6.10 Å². The van der Waals surface area contributed by atoms with Crippen molar-refractivity contribution in [2.24, 2.45) is 0 Å². The van der Waals surface area contributed by atoms with Crippen molar-refractivity contribution in [2.75, 3.05) is 6.26 Å². The van der Waals surface area contributed by atoms with Gasteiger partial charge in [0.25, 0.3) is 0 Å². The lowest BCUT2D eigenvalue weighted by atomic mass is 10.2. The summed E-state index contributed by atoms with van der Waals surface area (Å²) in [5, 5.41) is 0. The van der Waals surface area contributed by atoms with Crippen molar-refractivity contribution in [2.45, 2.75) is 38.3 Å². The zero-order valence-electron chi connectivity index (χ0n) is 10.4. The second kappa shape index (κ2) is 5.67. The standard InChI is InChI=1S/C12H18N2O3S/c1-18(15,16)14-9-10-5-4-8-13-12(10)17-11-6-2-3-7-11/h4-5,8,11,14H,2-3,6-7,9H2,1H3. The molecule has 1 fully saturated rings. The lowest BCUT2D eigenvalue weighted by molar-refractivity contribution is 0.199. The molecule has 2 rings (SSSR count). The number of nitrogens with zero attached hydrogens (tertiary/aromatic N) is 1. The van der Waals surface area contributed by atoms with Crippen LogP contribution in [0.15, 0.2) is 18.3 Å². The number of nitrogens with one attached hydrogen (secondary N) is 1. The molecular formula is C12H18N2O3S. The highest BCUT2D eigenvalue weighted by Crippen LogP contribution is 2.24. The van der Waals surface area contributed by atoms with Gasteiger partial charge in [-0.15, -0.1) is 0 Å². The number of aromatic nitrogens is 1. The van der Waals surface area contributed by atoms with Crippen molar-refractivity contribution < 1.29 is 13.2 Å². The molecule has 0 aliphatic heterocycles. The number of pyridine rings is 1. The smallest absolute Gasteiger partial charge is 0.218 e. The van der Waals surface area contributed by atoms with E-state index >= 15 is 0 Å². The van der Waals surface area contributed by atoms with Gasteiger partial charge >= 0.3 is 0 Å². The third kappa shape index (κ3) is 3.96. The second-order valence-corrected chi connectivity index (χ2v) is 6.42. The van der Waals surface area contributed by atoms with Gasteiger partial charge < -0.3 is 4.74 Å². The molecule has 0 radical (unpaired) electrons. The quantitative estimate of drug-likeness (QED) is 0.879. The van der Waals surface area contributed by atoms with E-state index in [0.29, 0.717) is 5.88 Å². The van der Waals surface area contributed by atoms with Gasteiger partial charge in [0.05, 0.1) is 6.26 Å². The van der Waals surface area contributed by atoms with E-state index in [-0.39, 0.29) is 12.6 Å². The summed E-state index contributed by atoms with van der Waals surface area (Å²) in [5.41, 5.74) is 0.773. The fraction of sp³-hybridized carbons (Fsp3) is 0.583. The van der Waals surface area contributed by atoms with Crippen LogP contribution < -0.4 is 9.46 Å². The van der Waals surface area contributed by atoms with Crippen LogP contribution in [0.25, 0.3) is 0 Å². The number of ether oxygens (including phenoxy) is 1. The van der Waals surface area contributed by atoms with Gasteiger partial charge in [0.15, 0.2) is 0 Å². The van der Waals surface area contributed by atoms with E-state index in [2.05, 4.69) is 9.71 Å². The van der Waals surface area contributed by atoms with Crippen LogP contribution in [0.1, 0.15) is 31.2 Å². The van der Waals surface area contributed by atoms with Crippen LogP contribution in [-0.2, 0) is 16.6 Å². The first-order valence-electron chi connectivity index (χ1n) is 6.10. The summed E-state index contributed by atoms with van der Waals surface area (Å²) in [4.78, 5) is 4.19. The Labute approximate surface area is 108 Å². The summed E-state index contributed by atoms with van der Waals surface area (Å²) < 4.78 is 30.5. The lowest BCUT2D eigenvalue weighted by Gasteiger charge is -2.15. The zero-order chi connectivity index (χ0) is 13.0. The van der Waals surface area contributed by atoms with Crippen LogP contribution in [0.4, 0.5) is 0 Å². The first-order valence-corrected chi connectivity index (χ1v) is 7.99. The first kappa shape index (κ1) is 13.3. The molecule has 1 heterocycles. The summed E-state index contributed by atoms with van der Waals surface area (Å²) in [5.74, 6) is 0.542. The van der Waals surface area contributed by atoms with E-state index in [1.54, 1.807) is 12.3 Å². The average molecular weight is 270 g/mol. The minimum atomic E-state index is -3.20. The van der Waals surface area contributed by atoms with Crippen LogP contribution in [0.2, 0.25) is 0 Å². The number of hydrogen-bond donors (Lipinski definition) is 1. The summed E-state index contributed by atoms with van der Waals surface area (Å²) >= 11 is 0. The highest BCUT2D eigenvalue weighted by atomic mass is 32.2. The molecule has 5 nitrogen and oxygen atoms in total. The fourth-order valence-corrected chi connectivity index (χ4v) is 2.46. The van der Waals surface area contributed by atoms with Crippen LogP contribution in [-0.4, -0.2) is 25.8 Å². The number of sulfonamides is 1. The molecule has 0 bridgehead atoms. The highest BCUT2D eigenvalue weighted by molar-refractivity contribution is 7.88.